The summed E-state index contributed by atoms with van der Waals surface area (Å²) in [5.74, 6) is 5.39. The Labute approximate surface area is 144 Å². The number of benzene rings is 1. The molecule has 0 saturated heterocycles. The summed E-state index contributed by atoms with van der Waals surface area (Å²) in [6.07, 6.45) is -0.892. The maximum absolute atomic E-state index is 12.8. The van der Waals surface area contributed by atoms with Gasteiger partial charge in [-0.05, 0) is 38.5 Å². The number of aromatic nitrogens is 2. The summed E-state index contributed by atoms with van der Waals surface area (Å²) in [4.78, 5) is 12.5. The highest BCUT2D eigenvalue weighted by Crippen LogP contribution is 2.23. The summed E-state index contributed by atoms with van der Waals surface area (Å²) in [5, 5.41) is 3.65. The highest BCUT2D eigenvalue weighted by molar-refractivity contribution is 6.42. The molecule has 1 aromatic carbocycles. The van der Waals surface area contributed by atoms with Crippen LogP contribution in [0.25, 0.3) is 0 Å². The first kappa shape index (κ1) is 18.4. The number of nitrogens with two attached hydrogens (primary N) is 1. The molecule has 2 aromatic rings. The van der Waals surface area contributed by atoms with E-state index in [1.165, 1.54) is 18.2 Å². The lowest BCUT2D eigenvalue weighted by molar-refractivity contribution is 0.151. The van der Waals surface area contributed by atoms with Crippen LogP contribution in [-0.4, -0.2) is 28.0 Å². The number of hydrogen-bond acceptors (Lipinski definition) is 6. The van der Waals surface area contributed by atoms with Gasteiger partial charge in [0.05, 0.1) is 11.4 Å². The number of ether oxygens (including phenoxy) is 1. The molecule has 1 aromatic heterocycles. The number of hydrazone groups is 1. The van der Waals surface area contributed by atoms with Gasteiger partial charge < -0.3 is 10.6 Å². The van der Waals surface area contributed by atoms with Crippen molar-refractivity contribution in [3.63, 3.8) is 0 Å². The molecule has 0 aliphatic rings. The molecule has 25 heavy (non-hydrogen) atoms. The summed E-state index contributed by atoms with van der Waals surface area (Å²) >= 11 is 0. The van der Waals surface area contributed by atoms with Crippen LogP contribution >= 0.6 is 0 Å². The second-order valence-corrected chi connectivity index (χ2v) is 5.38. The lowest BCUT2D eigenvalue weighted by Crippen LogP contribution is -2.22. The van der Waals surface area contributed by atoms with Gasteiger partial charge >= 0.3 is 6.01 Å². The van der Waals surface area contributed by atoms with Crippen molar-refractivity contribution in [2.24, 2.45) is 15.9 Å². The molecule has 8 heteroatoms. The van der Waals surface area contributed by atoms with Crippen molar-refractivity contribution in [1.29, 1.82) is 0 Å². The van der Waals surface area contributed by atoms with Crippen molar-refractivity contribution >= 4 is 17.1 Å². The second-order valence-electron chi connectivity index (χ2n) is 5.38. The van der Waals surface area contributed by atoms with Crippen molar-refractivity contribution < 1.29 is 13.5 Å². The highest BCUT2D eigenvalue weighted by atomic mass is 19.3. The molecule has 0 saturated carbocycles. The van der Waals surface area contributed by atoms with Crippen LogP contribution in [0.3, 0.4) is 0 Å². The third-order valence-electron chi connectivity index (χ3n) is 3.53. The van der Waals surface area contributed by atoms with E-state index in [1.807, 2.05) is 13.8 Å². The van der Waals surface area contributed by atoms with Crippen LogP contribution in [-0.2, 0) is 0 Å². The molecular formula is C17H19F2N5O. The fourth-order valence-electron chi connectivity index (χ4n) is 1.93. The number of nitrogens with zero attached hydrogens (tertiary/aromatic N) is 4. The lowest BCUT2D eigenvalue weighted by Gasteiger charge is -2.08. The maximum atomic E-state index is 12.8. The fraction of sp³-hybridized carbons (Fsp3) is 0.294. The highest BCUT2D eigenvalue weighted by Gasteiger charge is 2.10. The molecule has 0 aliphatic heterocycles. The van der Waals surface area contributed by atoms with E-state index in [0.29, 0.717) is 17.1 Å². The Morgan fingerprint density at radius 1 is 1.32 bits per heavy atom. The number of aryl methyl sites for hydroxylation is 2. The summed E-state index contributed by atoms with van der Waals surface area (Å²) in [7, 11) is 0. The fourth-order valence-corrected chi connectivity index (χ4v) is 1.93. The third kappa shape index (κ3) is 5.03. The normalized spacial score (nSPS) is 12.6. The molecule has 0 fully saturated rings. The Balaban J connectivity index is 2.11. The van der Waals surface area contributed by atoms with E-state index < -0.39 is 6.43 Å². The first-order valence-electron chi connectivity index (χ1n) is 7.54. The number of rotatable bonds is 6. The Hall–Kier alpha value is -2.90. The van der Waals surface area contributed by atoms with Crippen LogP contribution in [0.1, 0.15) is 30.2 Å². The molecule has 2 N–H and O–H groups in total. The molecule has 0 amide bonds. The van der Waals surface area contributed by atoms with Gasteiger partial charge in [-0.3, -0.25) is 4.99 Å². The second kappa shape index (κ2) is 8.27. The average molecular weight is 347 g/mol. The van der Waals surface area contributed by atoms with Crippen LogP contribution in [0.4, 0.5) is 14.5 Å². The summed E-state index contributed by atoms with van der Waals surface area (Å²) in [5.41, 5.74) is 2.88. The molecule has 6 nitrogen and oxygen atoms in total. The van der Waals surface area contributed by atoms with Crippen molar-refractivity contribution in [1.82, 2.24) is 9.97 Å². The van der Waals surface area contributed by atoms with E-state index in [-0.39, 0.29) is 18.2 Å². The van der Waals surface area contributed by atoms with Gasteiger partial charge in [0.25, 0.3) is 6.43 Å². The van der Waals surface area contributed by atoms with Gasteiger partial charge in [-0.1, -0.05) is 12.1 Å². The monoisotopic (exact) mass is 347 g/mol. The molecule has 0 spiro atoms. The number of hydrogen-bond donors (Lipinski definition) is 1. The predicted molar refractivity (Wildman–Crippen MR) is 92.8 cm³/mol. The Bertz CT molecular complexity index is 805. The van der Waals surface area contributed by atoms with Crippen molar-refractivity contribution in [2.75, 3.05) is 6.61 Å². The molecule has 0 aliphatic carbocycles. The van der Waals surface area contributed by atoms with Gasteiger partial charge in [-0.25, -0.2) is 18.7 Å². The number of alkyl halides is 2. The molecule has 1 heterocycles. The van der Waals surface area contributed by atoms with E-state index >= 15 is 0 Å². The van der Waals surface area contributed by atoms with Crippen LogP contribution in [0.5, 0.6) is 6.01 Å². The van der Waals surface area contributed by atoms with Gasteiger partial charge in [-0.2, -0.15) is 5.10 Å². The van der Waals surface area contributed by atoms with Crippen LogP contribution in [0.2, 0.25) is 0 Å². The van der Waals surface area contributed by atoms with Crippen LogP contribution in [0, 0.1) is 13.8 Å². The molecule has 2 rings (SSSR count). The Kier molecular flexibility index (Phi) is 6.10. The maximum Gasteiger partial charge on any atom is 0.316 e. The zero-order valence-corrected chi connectivity index (χ0v) is 14.2. The topological polar surface area (TPSA) is 85.8 Å². The minimum Gasteiger partial charge on any atom is -0.457 e. The molecule has 0 bridgehead atoms. The molecular weight excluding hydrogens is 328 g/mol. The zero-order valence-electron chi connectivity index (χ0n) is 14.2. The average Bonchev–Trinajstić information content (AvgIpc) is 2.58. The summed E-state index contributed by atoms with van der Waals surface area (Å²) in [6.45, 7) is 5.44. The number of halogens is 2. The SMILES string of the molecule is CC(=Nc1cccc(C(F)F)c1)C(COc1ncc(C)c(C)n1)=NN. The van der Waals surface area contributed by atoms with E-state index in [2.05, 4.69) is 20.1 Å². The van der Waals surface area contributed by atoms with Crippen LogP contribution in [0.15, 0.2) is 40.6 Å². The first-order valence-corrected chi connectivity index (χ1v) is 7.54. The largest absolute Gasteiger partial charge is 0.457 e. The van der Waals surface area contributed by atoms with Gasteiger partial charge in [0.1, 0.15) is 12.3 Å². The first-order chi connectivity index (χ1) is 11.9. The van der Waals surface area contributed by atoms with Crippen LogP contribution < -0.4 is 10.6 Å². The smallest absolute Gasteiger partial charge is 0.316 e. The van der Waals surface area contributed by atoms with Gasteiger partial charge in [0.15, 0.2) is 0 Å². The standard InChI is InChI=1S/C17H19F2N5O/c1-10-8-21-17(23-11(10)2)25-9-15(24-20)12(3)22-14-6-4-5-13(7-14)16(18)19/h4-8,16H,9,20H2,1-3H3. The molecule has 0 radical (unpaired) electrons. The minimum atomic E-state index is -2.55. The van der Waals surface area contributed by atoms with Crippen molar-refractivity contribution in [3.05, 3.63) is 47.3 Å². The molecule has 0 atom stereocenters. The summed E-state index contributed by atoms with van der Waals surface area (Å²) in [6, 6.07) is 6.01. The van der Waals surface area contributed by atoms with E-state index in [4.69, 9.17) is 10.6 Å². The van der Waals surface area contributed by atoms with Crippen molar-refractivity contribution in [2.45, 2.75) is 27.2 Å². The van der Waals surface area contributed by atoms with E-state index in [1.54, 1.807) is 19.2 Å². The Morgan fingerprint density at radius 3 is 2.72 bits per heavy atom. The molecule has 132 valence electrons. The Morgan fingerprint density at radius 2 is 2.08 bits per heavy atom. The third-order valence-corrected chi connectivity index (χ3v) is 3.53. The van der Waals surface area contributed by atoms with Gasteiger partial charge in [0, 0.05) is 17.5 Å². The van der Waals surface area contributed by atoms with Crippen molar-refractivity contribution in [3.8, 4) is 6.01 Å². The quantitative estimate of drug-likeness (QED) is 0.492. The van der Waals surface area contributed by atoms with Gasteiger partial charge in [-0.15, -0.1) is 0 Å². The summed E-state index contributed by atoms with van der Waals surface area (Å²) < 4.78 is 31.0. The zero-order chi connectivity index (χ0) is 18.4. The predicted octanol–water partition coefficient (Wildman–Crippen LogP) is 3.52. The lowest BCUT2D eigenvalue weighted by atomic mass is 10.2. The van der Waals surface area contributed by atoms with E-state index in [9.17, 15) is 8.78 Å². The van der Waals surface area contributed by atoms with E-state index in [0.717, 1.165) is 11.3 Å². The minimum absolute atomic E-state index is 0.0167. The number of aliphatic imine (C=N–C) groups is 1. The molecule has 0 unspecified atom stereocenters. The van der Waals surface area contributed by atoms with Gasteiger partial charge in [0.2, 0.25) is 0 Å².